The van der Waals surface area contributed by atoms with Gasteiger partial charge >= 0.3 is 5.97 Å². The molecule has 1 rings (SSSR count). The van der Waals surface area contributed by atoms with Gasteiger partial charge in [-0.15, -0.1) is 0 Å². The predicted octanol–water partition coefficient (Wildman–Crippen LogP) is 0.705. The second kappa shape index (κ2) is 4.28. The zero-order chi connectivity index (χ0) is 10.8. The molecular formula is C10H19NO3. The number of ether oxygens (including phenoxy) is 2. The van der Waals surface area contributed by atoms with Gasteiger partial charge in [-0.3, -0.25) is 10.1 Å². The fraction of sp³-hybridized carbons (Fsp3) is 0.900. The van der Waals surface area contributed by atoms with Crippen molar-refractivity contribution >= 4 is 5.97 Å². The minimum Gasteiger partial charge on any atom is -0.459 e. The Hall–Kier alpha value is -0.610. The molecular weight excluding hydrogens is 182 g/mol. The molecule has 1 N–H and O–H groups in total. The number of hydrogen-bond acceptors (Lipinski definition) is 4. The average Bonchev–Trinajstić information content (AvgIpc) is 1.92. The van der Waals surface area contributed by atoms with Gasteiger partial charge in [0.25, 0.3) is 0 Å². The Morgan fingerprint density at radius 3 is 2.43 bits per heavy atom. The van der Waals surface area contributed by atoms with E-state index in [1.165, 1.54) is 0 Å². The van der Waals surface area contributed by atoms with Gasteiger partial charge in [-0.25, -0.2) is 0 Å². The summed E-state index contributed by atoms with van der Waals surface area (Å²) in [6, 6.07) is 0.0423. The highest BCUT2D eigenvalue weighted by atomic mass is 16.6. The molecule has 0 saturated carbocycles. The Labute approximate surface area is 85.0 Å². The molecule has 14 heavy (non-hydrogen) atoms. The van der Waals surface area contributed by atoms with E-state index in [9.17, 15) is 4.79 Å². The Morgan fingerprint density at radius 1 is 1.50 bits per heavy atom. The lowest BCUT2D eigenvalue weighted by Crippen LogP contribution is -2.52. The van der Waals surface area contributed by atoms with Crippen molar-refractivity contribution in [3.63, 3.8) is 0 Å². The highest BCUT2D eigenvalue weighted by Crippen LogP contribution is 2.09. The summed E-state index contributed by atoms with van der Waals surface area (Å²) in [7, 11) is 0. The summed E-state index contributed by atoms with van der Waals surface area (Å²) in [4.78, 5) is 11.5. The molecule has 0 radical (unpaired) electrons. The van der Waals surface area contributed by atoms with Crippen molar-refractivity contribution in [1.29, 1.82) is 0 Å². The number of carbonyl (C=O) groups is 1. The third-order valence-corrected chi connectivity index (χ3v) is 1.88. The van der Waals surface area contributed by atoms with Gasteiger partial charge in [-0.1, -0.05) is 0 Å². The largest absolute Gasteiger partial charge is 0.459 e. The Morgan fingerprint density at radius 2 is 2.07 bits per heavy atom. The second-order valence-electron chi connectivity index (χ2n) is 4.66. The predicted molar refractivity (Wildman–Crippen MR) is 53.0 cm³/mol. The molecule has 0 aromatic rings. The lowest BCUT2D eigenvalue weighted by molar-refractivity contribution is -0.158. The van der Waals surface area contributed by atoms with Crippen LogP contribution in [0.1, 0.15) is 27.7 Å². The number of rotatable bonds is 3. The van der Waals surface area contributed by atoms with Crippen LogP contribution in [0.2, 0.25) is 0 Å². The molecule has 4 nitrogen and oxygen atoms in total. The van der Waals surface area contributed by atoms with Crippen molar-refractivity contribution in [2.24, 2.45) is 0 Å². The molecule has 0 aromatic carbocycles. The molecule has 1 aliphatic rings. The van der Waals surface area contributed by atoms with E-state index >= 15 is 0 Å². The minimum absolute atomic E-state index is 0.204. The van der Waals surface area contributed by atoms with Gasteiger partial charge in [-0.2, -0.15) is 0 Å². The number of nitrogens with one attached hydrogen (secondary N) is 1. The van der Waals surface area contributed by atoms with Gasteiger partial charge in [0.15, 0.2) is 0 Å². The maximum atomic E-state index is 11.5. The fourth-order valence-electron chi connectivity index (χ4n) is 1.14. The fourth-order valence-corrected chi connectivity index (χ4v) is 1.14. The Kier molecular flexibility index (Phi) is 3.50. The van der Waals surface area contributed by atoms with Crippen molar-refractivity contribution in [3.8, 4) is 0 Å². The molecule has 0 spiro atoms. The van der Waals surface area contributed by atoms with Crippen LogP contribution in [-0.2, 0) is 14.3 Å². The highest BCUT2D eigenvalue weighted by molar-refractivity contribution is 5.75. The molecule has 4 heteroatoms. The van der Waals surface area contributed by atoms with Gasteiger partial charge in [0.05, 0.1) is 19.3 Å². The summed E-state index contributed by atoms with van der Waals surface area (Å²) in [5.41, 5.74) is -0.414. The van der Waals surface area contributed by atoms with E-state index in [0.717, 1.165) is 0 Å². The first-order chi connectivity index (χ1) is 6.38. The first-order valence-corrected chi connectivity index (χ1v) is 4.95. The van der Waals surface area contributed by atoms with Crippen molar-refractivity contribution in [1.82, 2.24) is 5.32 Å². The average molecular weight is 201 g/mol. The van der Waals surface area contributed by atoms with Crippen LogP contribution in [0.4, 0.5) is 0 Å². The number of carbonyl (C=O) groups excluding carboxylic acids is 1. The lowest BCUT2D eigenvalue weighted by atomic mass is 10.2. The molecule has 82 valence electrons. The van der Waals surface area contributed by atoms with E-state index in [1.54, 1.807) is 0 Å². The maximum absolute atomic E-state index is 11.5. The summed E-state index contributed by atoms with van der Waals surface area (Å²) in [6.07, 6.45) is 0. The molecule has 1 fully saturated rings. The summed E-state index contributed by atoms with van der Waals surface area (Å²) in [5.74, 6) is -0.204. The molecule has 0 aromatic heterocycles. The van der Waals surface area contributed by atoms with Crippen LogP contribution in [0.15, 0.2) is 0 Å². The maximum Gasteiger partial charge on any atom is 0.323 e. The SMILES string of the molecule is CC(NC1COC1)C(=O)OC(C)(C)C. The standard InChI is InChI=1S/C10H19NO3/c1-7(11-8-5-13-6-8)9(12)14-10(2,3)4/h7-8,11H,5-6H2,1-4H3. The summed E-state index contributed by atoms with van der Waals surface area (Å²) in [5, 5.41) is 3.14. The smallest absolute Gasteiger partial charge is 0.323 e. The molecule has 1 unspecified atom stereocenters. The molecule has 1 atom stereocenters. The topological polar surface area (TPSA) is 47.6 Å². The van der Waals surface area contributed by atoms with E-state index in [0.29, 0.717) is 19.3 Å². The molecule has 1 heterocycles. The van der Waals surface area contributed by atoms with Crippen molar-refractivity contribution in [2.45, 2.75) is 45.4 Å². The normalized spacial score (nSPS) is 20.0. The lowest BCUT2D eigenvalue weighted by Gasteiger charge is -2.30. The van der Waals surface area contributed by atoms with E-state index in [1.807, 2.05) is 27.7 Å². The summed E-state index contributed by atoms with van der Waals surface area (Å²) >= 11 is 0. The van der Waals surface area contributed by atoms with Crippen molar-refractivity contribution in [3.05, 3.63) is 0 Å². The minimum atomic E-state index is -0.414. The zero-order valence-corrected chi connectivity index (χ0v) is 9.29. The molecule has 0 amide bonds. The van der Waals surface area contributed by atoms with Crippen LogP contribution in [0.25, 0.3) is 0 Å². The van der Waals surface area contributed by atoms with Gasteiger partial charge in [0, 0.05) is 0 Å². The van der Waals surface area contributed by atoms with Crippen LogP contribution in [0.3, 0.4) is 0 Å². The third kappa shape index (κ3) is 3.64. The van der Waals surface area contributed by atoms with E-state index in [-0.39, 0.29) is 12.0 Å². The first kappa shape index (κ1) is 11.5. The number of esters is 1. The molecule has 0 bridgehead atoms. The quantitative estimate of drug-likeness (QED) is 0.683. The van der Waals surface area contributed by atoms with E-state index in [2.05, 4.69) is 5.32 Å². The van der Waals surface area contributed by atoms with Crippen LogP contribution in [0.5, 0.6) is 0 Å². The molecule has 1 aliphatic heterocycles. The zero-order valence-electron chi connectivity index (χ0n) is 9.29. The van der Waals surface area contributed by atoms with Gasteiger partial charge in [0.1, 0.15) is 11.6 Å². The highest BCUT2D eigenvalue weighted by Gasteiger charge is 2.26. The Balaban J connectivity index is 2.28. The van der Waals surface area contributed by atoms with Crippen LogP contribution < -0.4 is 5.32 Å². The van der Waals surface area contributed by atoms with Gasteiger partial charge in [0.2, 0.25) is 0 Å². The van der Waals surface area contributed by atoms with Crippen LogP contribution in [0, 0.1) is 0 Å². The van der Waals surface area contributed by atoms with E-state index in [4.69, 9.17) is 9.47 Å². The van der Waals surface area contributed by atoms with Crippen molar-refractivity contribution < 1.29 is 14.3 Å². The molecule has 1 saturated heterocycles. The summed E-state index contributed by atoms with van der Waals surface area (Å²) < 4.78 is 10.2. The number of hydrogen-bond donors (Lipinski definition) is 1. The molecule has 0 aliphatic carbocycles. The van der Waals surface area contributed by atoms with E-state index < -0.39 is 5.60 Å². The van der Waals surface area contributed by atoms with Gasteiger partial charge < -0.3 is 9.47 Å². The Bertz CT molecular complexity index is 206. The summed E-state index contributed by atoms with van der Waals surface area (Å²) in [6.45, 7) is 8.78. The monoisotopic (exact) mass is 201 g/mol. The van der Waals surface area contributed by atoms with Crippen LogP contribution >= 0.6 is 0 Å². The van der Waals surface area contributed by atoms with Crippen molar-refractivity contribution in [2.75, 3.05) is 13.2 Å². The first-order valence-electron chi connectivity index (χ1n) is 4.95. The third-order valence-electron chi connectivity index (χ3n) is 1.88. The second-order valence-corrected chi connectivity index (χ2v) is 4.66. The van der Waals surface area contributed by atoms with Gasteiger partial charge in [-0.05, 0) is 27.7 Å². The van der Waals surface area contributed by atoms with Crippen LogP contribution in [-0.4, -0.2) is 36.9 Å².